The van der Waals surface area contributed by atoms with Gasteiger partial charge in [-0.15, -0.1) is 0 Å². The van der Waals surface area contributed by atoms with E-state index in [9.17, 15) is 9.59 Å². The average molecular weight is 389 g/mol. The Bertz CT molecular complexity index is 630. The molecule has 0 aliphatic carbocycles. The van der Waals surface area contributed by atoms with Gasteiger partial charge in [0, 0.05) is 21.9 Å². The lowest BCUT2D eigenvalue weighted by molar-refractivity contribution is -0.137. The molecular weight excluding hydrogens is 377 g/mol. The summed E-state index contributed by atoms with van der Waals surface area (Å²) < 4.78 is 2.78. The fraction of sp³-hybridized carbons (Fsp3) is 0.231. The minimum absolute atomic E-state index is 0.0426. The standard InChI is InChI=1S/C13H12INO3S/c14-10-5-3-9(4-6-10)11-8-19-13(18)15(11)7-1-2-12(16)17/h3-6,8H,1-2,7H2,(H,16,17). The van der Waals surface area contributed by atoms with Gasteiger partial charge in [-0.3, -0.25) is 14.2 Å². The van der Waals surface area contributed by atoms with Crippen LogP contribution in [0, 0.1) is 3.57 Å². The summed E-state index contributed by atoms with van der Waals surface area (Å²) in [7, 11) is 0. The molecule has 0 aliphatic heterocycles. The van der Waals surface area contributed by atoms with Crippen LogP contribution in [-0.2, 0) is 11.3 Å². The first-order chi connectivity index (χ1) is 9.08. The van der Waals surface area contributed by atoms with E-state index in [1.807, 2.05) is 29.6 Å². The smallest absolute Gasteiger partial charge is 0.307 e. The van der Waals surface area contributed by atoms with Gasteiger partial charge in [0.25, 0.3) is 0 Å². The predicted octanol–water partition coefficient (Wildman–Crippen LogP) is 3.05. The highest BCUT2D eigenvalue weighted by Crippen LogP contribution is 2.21. The molecule has 1 aromatic carbocycles. The lowest BCUT2D eigenvalue weighted by atomic mass is 10.2. The number of hydrogen-bond acceptors (Lipinski definition) is 3. The van der Waals surface area contributed by atoms with E-state index in [4.69, 9.17) is 5.11 Å². The van der Waals surface area contributed by atoms with Crippen molar-refractivity contribution in [2.75, 3.05) is 0 Å². The largest absolute Gasteiger partial charge is 0.481 e. The molecule has 0 fully saturated rings. The van der Waals surface area contributed by atoms with Crippen molar-refractivity contribution in [3.05, 3.63) is 42.9 Å². The van der Waals surface area contributed by atoms with Crippen LogP contribution < -0.4 is 4.87 Å². The van der Waals surface area contributed by atoms with E-state index in [1.165, 1.54) is 0 Å². The van der Waals surface area contributed by atoms with Crippen LogP contribution in [0.3, 0.4) is 0 Å². The van der Waals surface area contributed by atoms with E-state index in [2.05, 4.69) is 22.6 Å². The van der Waals surface area contributed by atoms with E-state index < -0.39 is 5.97 Å². The Morgan fingerprint density at radius 2 is 2.00 bits per heavy atom. The zero-order valence-electron chi connectivity index (χ0n) is 10.0. The van der Waals surface area contributed by atoms with Crippen LogP contribution in [0.2, 0.25) is 0 Å². The van der Waals surface area contributed by atoms with Crippen molar-refractivity contribution in [3.63, 3.8) is 0 Å². The molecule has 1 N–H and O–H groups in total. The van der Waals surface area contributed by atoms with Crippen molar-refractivity contribution in [2.24, 2.45) is 0 Å². The molecule has 1 aromatic heterocycles. The third-order valence-corrected chi connectivity index (χ3v) is 4.18. The number of hydrogen-bond donors (Lipinski definition) is 1. The fourth-order valence-corrected chi connectivity index (χ4v) is 2.93. The molecule has 0 atom stereocenters. The van der Waals surface area contributed by atoms with E-state index in [1.54, 1.807) is 4.57 Å². The quantitative estimate of drug-likeness (QED) is 0.800. The molecule has 0 unspecified atom stereocenters. The van der Waals surface area contributed by atoms with E-state index in [-0.39, 0.29) is 11.3 Å². The normalized spacial score (nSPS) is 10.6. The van der Waals surface area contributed by atoms with E-state index in [0.29, 0.717) is 13.0 Å². The Labute approximate surface area is 127 Å². The molecular formula is C13H12INO3S. The number of nitrogens with zero attached hydrogens (tertiary/aromatic N) is 1. The molecule has 0 bridgehead atoms. The van der Waals surface area contributed by atoms with Crippen LogP contribution >= 0.6 is 33.9 Å². The number of halogens is 1. The van der Waals surface area contributed by atoms with Gasteiger partial charge in [0.05, 0.1) is 5.69 Å². The number of carboxylic acids is 1. The second kappa shape index (κ2) is 6.33. The number of aliphatic carboxylic acids is 1. The number of carbonyl (C=O) groups is 1. The number of thiazole rings is 1. The molecule has 2 aromatic rings. The molecule has 19 heavy (non-hydrogen) atoms. The maximum absolute atomic E-state index is 11.8. The lowest BCUT2D eigenvalue weighted by Gasteiger charge is -2.07. The Balaban J connectivity index is 2.24. The van der Waals surface area contributed by atoms with Gasteiger partial charge in [0.1, 0.15) is 0 Å². The molecule has 0 amide bonds. The second-order valence-electron chi connectivity index (χ2n) is 4.04. The molecule has 6 heteroatoms. The van der Waals surface area contributed by atoms with E-state index in [0.717, 1.165) is 26.2 Å². The first kappa shape index (κ1) is 14.3. The molecule has 0 spiro atoms. The van der Waals surface area contributed by atoms with Gasteiger partial charge < -0.3 is 5.11 Å². The van der Waals surface area contributed by atoms with Crippen LogP contribution in [0.25, 0.3) is 11.3 Å². The molecule has 100 valence electrons. The summed E-state index contributed by atoms with van der Waals surface area (Å²) in [5, 5.41) is 10.5. The van der Waals surface area contributed by atoms with E-state index >= 15 is 0 Å². The van der Waals surface area contributed by atoms with Gasteiger partial charge in [-0.2, -0.15) is 0 Å². The third-order valence-electron chi connectivity index (χ3n) is 2.69. The monoisotopic (exact) mass is 389 g/mol. The summed E-state index contributed by atoms with van der Waals surface area (Å²) in [5.74, 6) is -0.834. The van der Waals surface area contributed by atoms with Crippen LogP contribution in [0.15, 0.2) is 34.4 Å². The molecule has 2 rings (SSSR count). The molecule has 1 heterocycles. The molecule has 0 saturated carbocycles. The zero-order chi connectivity index (χ0) is 13.8. The second-order valence-corrected chi connectivity index (χ2v) is 6.11. The van der Waals surface area contributed by atoms with Crippen molar-refractivity contribution < 1.29 is 9.90 Å². The van der Waals surface area contributed by atoms with Gasteiger partial charge in [-0.05, 0) is 46.7 Å². The minimum Gasteiger partial charge on any atom is -0.481 e. The maximum Gasteiger partial charge on any atom is 0.307 e. The molecule has 0 aliphatic rings. The summed E-state index contributed by atoms with van der Waals surface area (Å²) in [5.41, 5.74) is 1.84. The Morgan fingerprint density at radius 3 is 2.63 bits per heavy atom. The summed E-state index contributed by atoms with van der Waals surface area (Å²) in [6, 6.07) is 7.91. The minimum atomic E-state index is -0.834. The Kier molecular flexibility index (Phi) is 4.76. The van der Waals surface area contributed by atoms with Gasteiger partial charge in [-0.1, -0.05) is 23.5 Å². The lowest BCUT2D eigenvalue weighted by Crippen LogP contribution is -2.15. The summed E-state index contributed by atoms with van der Waals surface area (Å²) in [6.45, 7) is 0.440. The number of aromatic nitrogens is 1. The summed E-state index contributed by atoms with van der Waals surface area (Å²) >= 11 is 3.38. The first-order valence-corrected chi connectivity index (χ1v) is 7.70. The Hall–Kier alpha value is -1.15. The van der Waals surface area contributed by atoms with Crippen molar-refractivity contribution in [1.82, 2.24) is 4.57 Å². The number of benzene rings is 1. The summed E-state index contributed by atoms with van der Waals surface area (Å²) in [4.78, 5) is 22.3. The van der Waals surface area contributed by atoms with Crippen LogP contribution in [0.5, 0.6) is 0 Å². The van der Waals surface area contributed by atoms with Crippen LogP contribution in [-0.4, -0.2) is 15.6 Å². The maximum atomic E-state index is 11.8. The Morgan fingerprint density at radius 1 is 1.32 bits per heavy atom. The fourth-order valence-electron chi connectivity index (χ4n) is 1.78. The number of carboxylic acid groups (broad SMARTS) is 1. The van der Waals surface area contributed by atoms with Gasteiger partial charge >= 0.3 is 10.8 Å². The van der Waals surface area contributed by atoms with Gasteiger partial charge in [-0.25, -0.2) is 0 Å². The zero-order valence-corrected chi connectivity index (χ0v) is 13.0. The van der Waals surface area contributed by atoms with Crippen molar-refractivity contribution in [3.8, 4) is 11.3 Å². The third kappa shape index (κ3) is 3.66. The predicted molar refractivity (Wildman–Crippen MR) is 83.6 cm³/mol. The van der Waals surface area contributed by atoms with Gasteiger partial charge in [0.15, 0.2) is 0 Å². The SMILES string of the molecule is O=C(O)CCCn1c(-c2ccc(I)cc2)csc1=O. The first-order valence-electron chi connectivity index (χ1n) is 5.74. The highest BCUT2D eigenvalue weighted by atomic mass is 127. The van der Waals surface area contributed by atoms with Crippen molar-refractivity contribution in [2.45, 2.75) is 19.4 Å². The molecule has 0 saturated heterocycles. The summed E-state index contributed by atoms with van der Waals surface area (Å²) in [6.07, 6.45) is 0.539. The number of rotatable bonds is 5. The van der Waals surface area contributed by atoms with Crippen LogP contribution in [0.4, 0.5) is 0 Å². The van der Waals surface area contributed by atoms with Crippen LogP contribution in [0.1, 0.15) is 12.8 Å². The molecule has 0 radical (unpaired) electrons. The highest BCUT2D eigenvalue weighted by molar-refractivity contribution is 14.1. The molecule has 4 nitrogen and oxygen atoms in total. The van der Waals surface area contributed by atoms with Gasteiger partial charge in [0.2, 0.25) is 0 Å². The van der Waals surface area contributed by atoms with Crippen molar-refractivity contribution >= 4 is 39.9 Å². The average Bonchev–Trinajstić information content (AvgIpc) is 2.72. The topological polar surface area (TPSA) is 59.3 Å². The van der Waals surface area contributed by atoms with Crippen molar-refractivity contribution in [1.29, 1.82) is 0 Å². The highest BCUT2D eigenvalue weighted by Gasteiger charge is 2.09.